The number of nitrogens with one attached hydrogen (secondary N) is 1. The van der Waals surface area contributed by atoms with E-state index in [0.717, 1.165) is 25.9 Å². The number of carbonyl (C=O) groups excluding carboxylic acids is 1. The van der Waals surface area contributed by atoms with Gasteiger partial charge in [-0.15, -0.1) is 11.3 Å². The first-order valence-corrected chi connectivity index (χ1v) is 9.36. The van der Waals surface area contributed by atoms with Crippen LogP contribution in [0, 0.1) is 13.8 Å². The zero-order valence-corrected chi connectivity index (χ0v) is 15.7. The van der Waals surface area contributed by atoms with Crippen LogP contribution in [0.2, 0.25) is 0 Å². The van der Waals surface area contributed by atoms with Gasteiger partial charge in [-0.05, 0) is 45.2 Å². The summed E-state index contributed by atoms with van der Waals surface area (Å²) in [6.45, 7) is 7.90. The van der Waals surface area contributed by atoms with Crippen LogP contribution in [0.4, 0.5) is 4.79 Å². The number of urea groups is 1. The summed E-state index contributed by atoms with van der Waals surface area (Å²) < 4.78 is 2.09. The topological polar surface area (TPSA) is 50.2 Å². The Balaban J connectivity index is 1.55. The number of piperidine rings is 1. The van der Waals surface area contributed by atoms with Gasteiger partial charge in [-0.3, -0.25) is 0 Å². The average molecular weight is 347 g/mol. The molecule has 5 nitrogen and oxygen atoms in total. The van der Waals surface area contributed by atoms with Crippen molar-refractivity contribution in [3.8, 4) is 0 Å². The van der Waals surface area contributed by atoms with Crippen LogP contribution >= 0.6 is 11.3 Å². The van der Waals surface area contributed by atoms with Gasteiger partial charge in [0.05, 0.1) is 12.4 Å². The molecule has 1 N–H and O–H groups in total. The molecule has 24 heavy (non-hydrogen) atoms. The Bertz CT molecular complexity index is 712. The van der Waals surface area contributed by atoms with E-state index in [4.69, 9.17) is 0 Å². The number of hydrogen-bond acceptors (Lipinski definition) is 3. The lowest BCUT2D eigenvalue weighted by atomic mass is 9.94. The van der Waals surface area contributed by atoms with E-state index >= 15 is 0 Å². The Morgan fingerprint density at radius 2 is 2.08 bits per heavy atom. The number of aromatic nitrogens is 2. The van der Waals surface area contributed by atoms with E-state index in [1.807, 2.05) is 24.5 Å². The van der Waals surface area contributed by atoms with E-state index in [1.165, 1.54) is 21.0 Å². The predicted octanol–water partition coefficient (Wildman–Crippen LogP) is 3.75. The lowest BCUT2D eigenvalue weighted by Crippen LogP contribution is -2.45. The van der Waals surface area contributed by atoms with Crippen LogP contribution in [-0.2, 0) is 7.05 Å². The number of nitrogens with zero attached hydrogens (tertiary/aromatic N) is 3. The van der Waals surface area contributed by atoms with Crippen molar-refractivity contribution in [3.63, 3.8) is 0 Å². The van der Waals surface area contributed by atoms with Gasteiger partial charge in [-0.2, -0.15) is 0 Å². The third-order valence-corrected chi connectivity index (χ3v) is 5.92. The van der Waals surface area contributed by atoms with Crippen LogP contribution in [0.1, 0.15) is 52.7 Å². The number of likely N-dealkylation sites (tertiary alicyclic amines) is 1. The molecule has 2 aromatic heterocycles. The largest absolute Gasteiger partial charge is 0.337 e. The summed E-state index contributed by atoms with van der Waals surface area (Å²) in [6.07, 6.45) is 5.79. The van der Waals surface area contributed by atoms with Gasteiger partial charge in [0.1, 0.15) is 0 Å². The van der Waals surface area contributed by atoms with Gasteiger partial charge < -0.3 is 14.8 Å². The standard InChI is InChI=1S/C18H26N4OS/c1-12-9-16(14(3)24-12)13(2)20-18(23)22-7-5-15(6-8-22)17-10-19-11-21(17)4/h9-11,13,15H,5-8H2,1-4H3,(H,20,23). The van der Waals surface area contributed by atoms with Gasteiger partial charge in [0, 0.05) is 47.7 Å². The molecule has 1 atom stereocenters. The Morgan fingerprint density at radius 1 is 1.38 bits per heavy atom. The van der Waals surface area contributed by atoms with E-state index in [9.17, 15) is 4.79 Å². The molecule has 2 aromatic rings. The number of imidazole rings is 1. The molecule has 1 unspecified atom stereocenters. The Morgan fingerprint density at radius 3 is 2.62 bits per heavy atom. The second-order valence-corrected chi connectivity index (χ2v) is 8.19. The van der Waals surface area contributed by atoms with Crippen molar-refractivity contribution in [2.45, 2.75) is 45.6 Å². The van der Waals surface area contributed by atoms with Gasteiger partial charge in [-0.25, -0.2) is 9.78 Å². The van der Waals surface area contributed by atoms with E-state index < -0.39 is 0 Å². The summed E-state index contributed by atoms with van der Waals surface area (Å²) in [6, 6.07) is 2.28. The maximum Gasteiger partial charge on any atom is 0.317 e. The summed E-state index contributed by atoms with van der Waals surface area (Å²) in [5, 5.41) is 3.16. The molecular formula is C18H26N4OS. The molecule has 1 saturated heterocycles. The SMILES string of the molecule is Cc1cc(C(C)NC(=O)N2CCC(c3cncn3C)CC2)c(C)s1. The highest BCUT2D eigenvalue weighted by molar-refractivity contribution is 7.12. The van der Waals surface area contributed by atoms with Crippen LogP contribution in [0.25, 0.3) is 0 Å². The molecule has 130 valence electrons. The number of rotatable bonds is 3. The van der Waals surface area contributed by atoms with E-state index in [0.29, 0.717) is 5.92 Å². The van der Waals surface area contributed by atoms with Gasteiger partial charge in [-0.1, -0.05) is 0 Å². The van der Waals surface area contributed by atoms with Gasteiger partial charge >= 0.3 is 6.03 Å². The molecule has 0 spiro atoms. The first-order chi connectivity index (χ1) is 11.5. The lowest BCUT2D eigenvalue weighted by Gasteiger charge is -2.33. The monoisotopic (exact) mass is 346 g/mol. The van der Waals surface area contributed by atoms with E-state index in [-0.39, 0.29) is 12.1 Å². The van der Waals surface area contributed by atoms with Gasteiger partial charge in [0.2, 0.25) is 0 Å². The number of amides is 2. The molecule has 0 saturated carbocycles. The third kappa shape index (κ3) is 3.48. The minimum absolute atomic E-state index is 0.0502. The quantitative estimate of drug-likeness (QED) is 0.920. The summed E-state index contributed by atoms with van der Waals surface area (Å²) in [7, 11) is 2.04. The zero-order valence-electron chi connectivity index (χ0n) is 14.9. The first kappa shape index (κ1) is 17.0. The van der Waals surface area contributed by atoms with Crippen LogP contribution in [0.5, 0.6) is 0 Å². The Labute approximate surface area is 147 Å². The van der Waals surface area contributed by atoms with Crippen molar-refractivity contribution >= 4 is 17.4 Å². The molecule has 1 aliphatic heterocycles. The van der Waals surface area contributed by atoms with Crippen LogP contribution in [0.3, 0.4) is 0 Å². The number of thiophene rings is 1. The molecule has 3 rings (SSSR count). The highest BCUT2D eigenvalue weighted by atomic mass is 32.1. The van der Waals surface area contributed by atoms with Crippen molar-refractivity contribution in [1.29, 1.82) is 0 Å². The summed E-state index contributed by atoms with van der Waals surface area (Å²) in [5.41, 5.74) is 2.50. The zero-order chi connectivity index (χ0) is 17.3. The fraction of sp³-hybridized carbons (Fsp3) is 0.556. The lowest BCUT2D eigenvalue weighted by molar-refractivity contribution is 0.177. The number of carbonyl (C=O) groups is 1. The van der Waals surface area contributed by atoms with Gasteiger partial charge in [0.25, 0.3) is 0 Å². The van der Waals surface area contributed by atoms with Crippen molar-refractivity contribution in [2.75, 3.05) is 13.1 Å². The van der Waals surface area contributed by atoms with Crippen molar-refractivity contribution in [2.24, 2.45) is 7.05 Å². The highest BCUT2D eigenvalue weighted by Crippen LogP contribution is 2.29. The van der Waals surface area contributed by atoms with Crippen LogP contribution < -0.4 is 5.32 Å². The average Bonchev–Trinajstić information content (AvgIpc) is 3.12. The van der Waals surface area contributed by atoms with Crippen molar-refractivity contribution < 1.29 is 4.79 Å². The molecule has 0 radical (unpaired) electrons. The fourth-order valence-electron chi connectivity index (χ4n) is 3.57. The van der Waals surface area contributed by atoms with E-state index in [2.05, 4.69) is 41.7 Å². The van der Waals surface area contributed by atoms with Crippen LogP contribution in [-0.4, -0.2) is 33.6 Å². The van der Waals surface area contributed by atoms with E-state index in [1.54, 1.807) is 11.3 Å². The molecule has 0 aromatic carbocycles. The third-order valence-electron chi connectivity index (χ3n) is 4.94. The van der Waals surface area contributed by atoms with Crippen molar-refractivity contribution in [3.05, 3.63) is 39.6 Å². The van der Waals surface area contributed by atoms with Crippen molar-refractivity contribution in [1.82, 2.24) is 19.8 Å². The smallest absolute Gasteiger partial charge is 0.317 e. The van der Waals surface area contributed by atoms with Gasteiger partial charge in [0.15, 0.2) is 0 Å². The molecule has 2 amide bonds. The Hall–Kier alpha value is -1.82. The maximum atomic E-state index is 12.6. The Kier molecular flexibility index (Phi) is 4.94. The number of hydrogen-bond donors (Lipinski definition) is 1. The van der Waals surface area contributed by atoms with Crippen LogP contribution in [0.15, 0.2) is 18.6 Å². The molecule has 0 bridgehead atoms. The predicted molar refractivity (Wildman–Crippen MR) is 97.5 cm³/mol. The first-order valence-electron chi connectivity index (χ1n) is 8.54. The second kappa shape index (κ2) is 6.97. The molecule has 1 aliphatic rings. The minimum Gasteiger partial charge on any atom is -0.337 e. The summed E-state index contributed by atoms with van der Waals surface area (Å²) in [4.78, 5) is 21.3. The summed E-state index contributed by atoms with van der Waals surface area (Å²) >= 11 is 1.79. The molecule has 0 aliphatic carbocycles. The summed E-state index contributed by atoms with van der Waals surface area (Å²) in [5.74, 6) is 0.501. The molecule has 3 heterocycles. The fourth-order valence-corrected chi connectivity index (χ4v) is 4.60. The molecule has 1 fully saturated rings. The minimum atomic E-state index is 0.0502. The maximum absolute atomic E-state index is 12.6. The molecule has 6 heteroatoms. The second-order valence-electron chi connectivity index (χ2n) is 6.73. The number of aryl methyl sites for hydroxylation is 3. The molecular weight excluding hydrogens is 320 g/mol. The highest BCUT2D eigenvalue weighted by Gasteiger charge is 2.26. The normalized spacial score (nSPS) is 17.1.